The zero-order valence-electron chi connectivity index (χ0n) is 12.8. The smallest absolute Gasteiger partial charge is 0.241 e. The number of nitrogens with zero attached hydrogens (tertiary/aromatic N) is 1. The van der Waals surface area contributed by atoms with Crippen LogP contribution in [0.15, 0.2) is 23.1 Å². The third kappa shape index (κ3) is 3.03. The topological polar surface area (TPSA) is 66.5 Å². The number of aryl methyl sites for hydroxylation is 2. The molecule has 2 aliphatic rings. The molecule has 0 saturated carbocycles. The van der Waals surface area contributed by atoms with Crippen LogP contribution < -0.4 is 4.72 Å². The van der Waals surface area contributed by atoms with Gasteiger partial charge in [0.25, 0.3) is 0 Å². The van der Waals surface area contributed by atoms with Crippen molar-refractivity contribution in [2.24, 2.45) is 0 Å². The number of benzene rings is 1. The fourth-order valence-electron chi connectivity index (χ4n) is 3.28. The van der Waals surface area contributed by atoms with Gasteiger partial charge in [-0.1, -0.05) is 6.07 Å². The number of hydrogen-bond donors (Lipinski definition) is 1. The van der Waals surface area contributed by atoms with Gasteiger partial charge in [-0.05, 0) is 62.3 Å². The molecule has 3 rings (SSSR count). The van der Waals surface area contributed by atoms with E-state index in [2.05, 4.69) is 4.72 Å². The highest BCUT2D eigenvalue weighted by atomic mass is 32.2. The third-order valence-corrected chi connectivity index (χ3v) is 6.04. The number of nitrogens with one attached hydrogen (secondary N) is 1. The second-order valence-corrected chi connectivity index (χ2v) is 7.87. The number of amides is 1. The fraction of sp³-hybridized carbons (Fsp3) is 0.562. The lowest BCUT2D eigenvalue weighted by Gasteiger charge is -2.21. The van der Waals surface area contributed by atoms with Crippen LogP contribution in [0.25, 0.3) is 0 Å². The monoisotopic (exact) mass is 322 g/mol. The lowest BCUT2D eigenvalue weighted by atomic mass is 10.1. The van der Waals surface area contributed by atoms with E-state index in [1.54, 1.807) is 24.0 Å². The fourth-order valence-corrected chi connectivity index (χ4v) is 4.52. The first-order chi connectivity index (χ1) is 10.5. The van der Waals surface area contributed by atoms with Gasteiger partial charge in [0.15, 0.2) is 0 Å². The molecule has 22 heavy (non-hydrogen) atoms. The van der Waals surface area contributed by atoms with Crippen molar-refractivity contribution in [1.29, 1.82) is 0 Å². The highest BCUT2D eigenvalue weighted by Crippen LogP contribution is 2.24. The van der Waals surface area contributed by atoms with Crippen LogP contribution in [0.1, 0.15) is 37.3 Å². The summed E-state index contributed by atoms with van der Waals surface area (Å²) < 4.78 is 27.5. The first-order valence-corrected chi connectivity index (χ1v) is 9.38. The van der Waals surface area contributed by atoms with Crippen molar-refractivity contribution < 1.29 is 13.2 Å². The van der Waals surface area contributed by atoms with Crippen LogP contribution in [0.2, 0.25) is 0 Å². The van der Waals surface area contributed by atoms with Crippen molar-refractivity contribution in [2.75, 3.05) is 13.1 Å². The summed E-state index contributed by atoms with van der Waals surface area (Å²) >= 11 is 0. The average molecular weight is 322 g/mol. The second kappa shape index (κ2) is 6.01. The minimum absolute atomic E-state index is 0.137. The minimum atomic E-state index is -3.65. The summed E-state index contributed by atoms with van der Waals surface area (Å²) in [4.78, 5) is 14.2. The molecule has 1 amide bonds. The summed E-state index contributed by atoms with van der Waals surface area (Å²) in [7, 11) is -3.65. The van der Waals surface area contributed by atoms with Gasteiger partial charge < -0.3 is 4.90 Å². The van der Waals surface area contributed by atoms with E-state index in [-0.39, 0.29) is 10.8 Å². The number of sulfonamides is 1. The molecule has 0 radical (unpaired) electrons. The molecule has 1 aliphatic heterocycles. The van der Waals surface area contributed by atoms with Gasteiger partial charge in [-0.15, -0.1) is 0 Å². The van der Waals surface area contributed by atoms with Crippen molar-refractivity contribution in [1.82, 2.24) is 9.62 Å². The molecule has 0 aromatic heterocycles. The molecule has 120 valence electrons. The van der Waals surface area contributed by atoms with Crippen LogP contribution in [0.5, 0.6) is 0 Å². The molecule has 5 nitrogen and oxygen atoms in total. The average Bonchev–Trinajstić information content (AvgIpc) is 3.16. The van der Waals surface area contributed by atoms with Crippen molar-refractivity contribution in [2.45, 2.75) is 50.0 Å². The number of hydrogen-bond acceptors (Lipinski definition) is 3. The van der Waals surface area contributed by atoms with Crippen molar-refractivity contribution in [3.8, 4) is 0 Å². The molecule has 6 heteroatoms. The Bertz CT molecular complexity index is 679. The van der Waals surface area contributed by atoms with E-state index in [9.17, 15) is 13.2 Å². The molecule has 1 N–H and O–H groups in total. The van der Waals surface area contributed by atoms with E-state index in [1.807, 2.05) is 6.07 Å². The second-order valence-electron chi connectivity index (χ2n) is 6.16. The summed E-state index contributed by atoms with van der Waals surface area (Å²) in [6.45, 7) is 3.07. The zero-order valence-corrected chi connectivity index (χ0v) is 13.7. The van der Waals surface area contributed by atoms with Gasteiger partial charge in [-0.25, -0.2) is 8.42 Å². The van der Waals surface area contributed by atoms with Crippen LogP contribution in [0.3, 0.4) is 0 Å². The Labute approximate surface area is 131 Å². The summed E-state index contributed by atoms with van der Waals surface area (Å²) in [6, 6.07) is 4.55. The molecule has 1 aromatic rings. The molecular formula is C16H22N2O3S. The van der Waals surface area contributed by atoms with Gasteiger partial charge in [0, 0.05) is 13.1 Å². The first-order valence-electron chi connectivity index (χ1n) is 7.90. The Morgan fingerprint density at radius 2 is 1.82 bits per heavy atom. The number of rotatable bonds is 4. The van der Waals surface area contributed by atoms with Gasteiger partial charge in [-0.2, -0.15) is 4.72 Å². The Hall–Kier alpha value is -1.40. The SMILES string of the molecule is C[C@H](NS(=O)(=O)c1ccc2c(c1)CCC2)C(=O)N1CCCC1. The molecular weight excluding hydrogens is 300 g/mol. The molecule has 1 fully saturated rings. The van der Waals surface area contributed by atoms with E-state index in [0.29, 0.717) is 0 Å². The van der Waals surface area contributed by atoms with Crippen LogP contribution in [-0.2, 0) is 27.7 Å². The number of carbonyl (C=O) groups is 1. The molecule has 1 heterocycles. The molecule has 0 spiro atoms. The Kier molecular flexibility index (Phi) is 4.23. The Balaban J connectivity index is 1.74. The number of carbonyl (C=O) groups excluding carboxylic acids is 1. The number of likely N-dealkylation sites (tertiary alicyclic amines) is 1. The van der Waals surface area contributed by atoms with Crippen molar-refractivity contribution in [3.05, 3.63) is 29.3 Å². The summed E-state index contributed by atoms with van der Waals surface area (Å²) in [5, 5.41) is 0. The van der Waals surface area contributed by atoms with E-state index >= 15 is 0 Å². The van der Waals surface area contributed by atoms with Gasteiger partial charge in [0.2, 0.25) is 15.9 Å². The van der Waals surface area contributed by atoms with Crippen LogP contribution in [0, 0.1) is 0 Å². The van der Waals surface area contributed by atoms with Gasteiger partial charge in [-0.3, -0.25) is 4.79 Å². The molecule has 1 aromatic carbocycles. The van der Waals surface area contributed by atoms with Gasteiger partial charge in [0.05, 0.1) is 10.9 Å². The first kappa shape index (κ1) is 15.5. The van der Waals surface area contributed by atoms with Crippen molar-refractivity contribution >= 4 is 15.9 Å². The van der Waals surface area contributed by atoms with Gasteiger partial charge in [0.1, 0.15) is 0 Å². The standard InChI is InChI=1S/C16H22N2O3S/c1-12(16(19)18-9-2-3-10-18)17-22(20,21)15-8-7-13-5-4-6-14(13)11-15/h7-8,11-12,17H,2-6,9-10H2,1H3/t12-/m0/s1. The molecule has 1 atom stereocenters. The maximum Gasteiger partial charge on any atom is 0.241 e. The normalized spacial score (nSPS) is 19.2. The maximum absolute atomic E-state index is 12.5. The lowest BCUT2D eigenvalue weighted by Crippen LogP contribution is -2.45. The van der Waals surface area contributed by atoms with Crippen molar-refractivity contribution in [3.63, 3.8) is 0 Å². The van der Waals surface area contributed by atoms with E-state index < -0.39 is 16.1 Å². The Morgan fingerprint density at radius 3 is 2.55 bits per heavy atom. The van der Waals surface area contributed by atoms with Crippen LogP contribution in [0.4, 0.5) is 0 Å². The maximum atomic E-state index is 12.5. The minimum Gasteiger partial charge on any atom is -0.341 e. The van der Waals surface area contributed by atoms with E-state index in [1.165, 1.54) is 5.56 Å². The Morgan fingerprint density at radius 1 is 1.14 bits per heavy atom. The number of fused-ring (bicyclic) bond motifs is 1. The van der Waals surface area contributed by atoms with E-state index in [0.717, 1.165) is 50.8 Å². The largest absolute Gasteiger partial charge is 0.341 e. The summed E-state index contributed by atoms with van der Waals surface area (Å²) in [5.41, 5.74) is 2.35. The predicted octanol–water partition coefficient (Wildman–Crippen LogP) is 1.46. The van der Waals surface area contributed by atoms with Crippen LogP contribution >= 0.6 is 0 Å². The van der Waals surface area contributed by atoms with Crippen LogP contribution in [-0.4, -0.2) is 38.4 Å². The highest BCUT2D eigenvalue weighted by molar-refractivity contribution is 7.89. The molecule has 0 bridgehead atoms. The van der Waals surface area contributed by atoms with Gasteiger partial charge >= 0.3 is 0 Å². The third-order valence-electron chi connectivity index (χ3n) is 4.50. The molecule has 1 aliphatic carbocycles. The van der Waals surface area contributed by atoms with E-state index in [4.69, 9.17) is 0 Å². The molecule has 1 saturated heterocycles. The quantitative estimate of drug-likeness (QED) is 0.913. The summed E-state index contributed by atoms with van der Waals surface area (Å²) in [6.07, 6.45) is 5.02. The predicted molar refractivity (Wildman–Crippen MR) is 84.1 cm³/mol. The molecule has 0 unspecified atom stereocenters. The zero-order chi connectivity index (χ0) is 15.7. The summed E-state index contributed by atoms with van der Waals surface area (Å²) in [5.74, 6) is -0.137. The lowest BCUT2D eigenvalue weighted by molar-refractivity contribution is -0.131. The highest BCUT2D eigenvalue weighted by Gasteiger charge is 2.27.